The van der Waals surface area contributed by atoms with Gasteiger partial charge in [-0.25, -0.2) is 0 Å². The molecule has 0 saturated carbocycles. The van der Waals surface area contributed by atoms with Crippen LogP contribution in [0.3, 0.4) is 0 Å². The Morgan fingerprint density at radius 2 is 1.56 bits per heavy atom. The van der Waals surface area contributed by atoms with Crippen LogP contribution < -0.4 is 0 Å². The second-order valence-corrected chi connectivity index (χ2v) is 7.41. The number of benzene rings is 1. The Kier molecular flexibility index (Phi) is 4.51. The summed E-state index contributed by atoms with van der Waals surface area (Å²) in [6, 6.07) is 6.87. The van der Waals surface area contributed by atoms with E-state index < -0.39 is 0 Å². The Morgan fingerprint density at radius 3 is 1.94 bits per heavy atom. The van der Waals surface area contributed by atoms with Crippen molar-refractivity contribution in [1.82, 2.24) is 0 Å². The van der Waals surface area contributed by atoms with Crippen LogP contribution in [0.5, 0.6) is 0 Å². The summed E-state index contributed by atoms with van der Waals surface area (Å²) in [5.74, 6) is 0.584. The minimum Gasteiger partial charge on any atom is -0.0892 e. The fourth-order valence-corrected chi connectivity index (χ4v) is 2.62. The molecule has 0 radical (unpaired) electrons. The summed E-state index contributed by atoms with van der Waals surface area (Å²) in [6.45, 7) is 11.6. The standard InChI is InChI=1S/C14H26B4/c1-9(2)12-10(13(3,15)16)7-6-8-11(12)14(4,17)18-5/h6-9,18H,15-17H2,1-5H3. The largest absolute Gasteiger partial charge is 0.120 e. The molecule has 0 bridgehead atoms. The van der Waals surface area contributed by atoms with Gasteiger partial charge in [-0.1, -0.05) is 74.3 Å². The third-order valence-electron chi connectivity index (χ3n) is 4.10. The lowest BCUT2D eigenvalue weighted by Gasteiger charge is -2.33. The molecule has 0 aliphatic heterocycles. The van der Waals surface area contributed by atoms with E-state index in [1.165, 1.54) is 18.4 Å². The van der Waals surface area contributed by atoms with Crippen LogP contribution in [-0.4, -0.2) is 30.8 Å². The van der Waals surface area contributed by atoms with Gasteiger partial charge in [0.2, 0.25) is 0 Å². The zero-order valence-corrected chi connectivity index (χ0v) is 13.5. The molecule has 4 heteroatoms. The highest BCUT2D eigenvalue weighted by Crippen LogP contribution is 2.34. The molecule has 18 heavy (non-hydrogen) atoms. The Labute approximate surface area is 117 Å². The molecule has 0 fully saturated rings. The zero-order chi connectivity index (χ0) is 14.1. The Balaban J connectivity index is 3.55. The van der Waals surface area contributed by atoms with Crippen LogP contribution in [0.15, 0.2) is 18.2 Å². The number of hydrogen-bond acceptors (Lipinski definition) is 0. The molecule has 0 spiro atoms. The molecule has 1 aromatic rings. The fourth-order valence-electron chi connectivity index (χ4n) is 2.62. The fraction of sp³-hybridized carbons (Fsp3) is 0.571. The highest BCUT2D eigenvalue weighted by atomic mass is 14.2. The van der Waals surface area contributed by atoms with Gasteiger partial charge in [-0.2, -0.15) is 0 Å². The van der Waals surface area contributed by atoms with Gasteiger partial charge in [0.25, 0.3) is 0 Å². The summed E-state index contributed by atoms with van der Waals surface area (Å²) >= 11 is 0. The third kappa shape index (κ3) is 3.08. The van der Waals surface area contributed by atoms with Crippen LogP contribution in [0.4, 0.5) is 0 Å². The van der Waals surface area contributed by atoms with Crippen molar-refractivity contribution in [3.63, 3.8) is 0 Å². The van der Waals surface area contributed by atoms with E-state index >= 15 is 0 Å². The topological polar surface area (TPSA) is 0 Å². The minimum absolute atomic E-state index is 0.222. The molecular formula is C14H26B4. The summed E-state index contributed by atoms with van der Waals surface area (Å²) in [5, 5.41) is 0.486. The highest BCUT2D eigenvalue weighted by molar-refractivity contribution is 6.52. The van der Waals surface area contributed by atoms with E-state index in [9.17, 15) is 0 Å². The summed E-state index contributed by atoms with van der Waals surface area (Å²) in [7, 11) is 8.18. The zero-order valence-electron chi connectivity index (χ0n) is 13.5. The second kappa shape index (κ2) is 5.23. The Morgan fingerprint density at radius 1 is 1.06 bits per heavy atom. The quantitative estimate of drug-likeness (QED) is 0.671. The molecule has 1 aromatic carbocycles. The van der Waals surface area contributed by atoms with E-state index in [2.05, 4.69) is 76.3 Å². The maximum Gasteiger partial charge on any atom is 0.120 e. The van der Waals surface area contributed by atoms with Crippen LogP contribution >= 0.6 is 0 Å². The van der Waals surface area contributed by atoms with E-state index in [1.807, 2.05) is 0 Å². The van der Waals surface area contributed by atoms with E-state index in [-0.39, 0.29) is 10.4 Å². The van der Waals surface area contributed by atoms with Crippen molar-refractivity contribution in [2.24, 2.45) is 0 Å². The molecule has 1 atom stereocenters. The summed E-state index contributed by atoms with van der Waals surface area (Å²) in [5.41, 5.74) is 4.61. The van der Waals surface area contributed by atoms with Gasteiger partial charge >= 0.3 is 0 Å². The molecule has 0 aliphatic rings. The van der Waals surface area contributed by atoms with Gasteiger partial charge in [0.1, 0.15) is 30.8 Å². The number of rotatable bonds is 4. The van der Waals surface area contributed by atoms with Crippen molar-refractivity contribution in [1.29, 1.82) is 0 Å². The van der Waals surface area contributed by atoms with Gasteiger partial charge < -0.3 is 0 Å². The molecule has 0 aromatic heterocycles. The first kappa shape index (κ1) is 15.5. The van der Waals surface area contributed by atoms with Crippen molar-refractivity contribution in [3.8, 4) is 0 Å². The molecule has 1 unspecified atom stereocenters. The van der Waals surface area contributed by atoms with Crippen molar-refractivity contribution in [2.75, 3.05) is 0 Å². The molecule has 0 N–H and O–H groups in total. The minimum atomic E-state index is 0.222. The molecule has 0 nitrogen and oxygen atoms in total. The Hall–Kier alpha value is -0.520. The van der Waals surface area contributed by atoms with Crippen LogP contribution in [0, 0.1) is 0 Å². The highest BCUT2D eigenvalue weighted by Gasteiger charge is 2.28. The van der Waals surface area contributed by atoms with Gasteiger partial charge in [-0.05, 0) is 11.5 Å². The van der Waals surface area contributed by atoms with Gasteiger partial charge in [0, 0.05) is 0 Å². The van der Waals surface area contributed by atoms with Crippen molar-refractivity contribution < 1.29 is 0 Å². The average Bonchev–Trinajstić information content (AvgIpc) is 2.26. The van der Waals surface area contributed by atoms with Gasteiger partial charge in [-0.3, -0.25) is 0 Å². The first-order valence-corrected chi connectivity index (χ1v) is 7.25. The lowest BCUT2D eigenvalue weighted by molar-refractivity contribution is 0.783. The lowest BCUT2D eigenvalue weighted by atomic mass is 9.40. The molecule has 1 rings (SSSR count). The van der Waals surface area contributed by atoms with Gasteiger partial charge in [0.05, 0.1) is 0 Å². The molecule has 94 valence electrons. The summed E-state index contributed by atoms with van der Waals surface area (Å²) < 4.78 is 0. The van der Waals surface area contributed by atoms with E-state index in [4.69, 9.17) is 0 Å². The van der Waals surface area contributed by atoms with E-state index in [1.54, 1.807) is 5.56 Å². The SMILES string of the molecule is BC(B)(C)c1cccc(C(B)(C)BC)c1C(C)C. The molecular weight excluding hydrogens is 211 g/mol. The summed E-state index contributed by atoms with van der Waals surface area (Å²) in [6.07, 6.45) is 0. The number of hydrogen-bond donors (Lipinski definition) is 0. The van der Waals surface area contributed by atoms with Crippen molar-refractivity contribution in [2.45, 2.75) is 50.9 Å². The molecule has 0 aliphatic carbocycles. The van der Waals surface area contributed by atoms with Crippen LogP contribution in [0.2, 0.25) is 6.82 Å². The van der Waals surface area contributed by atoms with Crippen LogP contribution in [0.1, 0.15) is 50.3 Å². The first-order valence-electron chi connectivity index (χ1n) is 7.25. The van der Waals surface area contributed by atoms with E-state index in [0.29, 0.717) is 5.92 Å². The predicted octanol–water partition coefficient (Wildman–Crippen LogP) is 0.539. The maximum absolute atomic E-state index is 2.36. The second-order valence-electron chi connectivity index (χ2n) is 7.41. The van der Waals surface area contributed by atoms with Gasteiger partial charge in [-0.15, -0.1) is 0 Å². The molecule has 0 amide bonds. The van der Waals surface area contributed by atoms with Crippen molar-refractivity contribution >= 4 is 30.8 Å². The molecule has 0 heterocycles. The normalized spacial score (nSPS) is 15.4. The smallest absolute Gasteiger partial charge is 0.0892 e. The average molecular weight is 238 g/mol. The van der Waals surface area contributed by atoms with Gasteiger partial charge in [0.15, 0.2) is 0 Å². The monoisotopic (exact) mass is 238 g/mol. The van der Waals surface area contributed by atoms with Crippen molar-refractivity contribution in [3.05, 3.63) is 34.9 Å². The van der Waals surface area contributed by atoms with E-state index in [0.717, 1.165) is 0 Å². The lowest BCUT2D eigenvalue weighted by Crippen LogP contribution is -2.32. The first-order chi connectivity index (χ1) is 8.11. The third-order valence-corrected chi connectivity index (χ3v) is 4.10. The van der Waals surface area contributed by atoms with Crippen LogP contribution in [0.25, 0.3) is 0 Å². The maximum atomic E-state index is 2.36. The molecule has 0 saturated heterocycles. The summed E-state index contributed by atoms with van der Waals surface area (Å²) in [4.78, 5) is 0. The Bertz CT molecular complexity index is 416. The predicted molar refractivity (Wildman–Crippen MR) is 93.9 cm³/mol. The van der Waals surface area contributed by atoms with Crippen LogP contribution in [-0.2, 0) is 10.4 Å².